The summed E-state index contributed by atoms with van der Waals surface area (Å²) in [5.41, 5.74) is 6.24. The highest BCUT2D eigenvalue weighted by molar-refractivity contribution is 5.86. The van der Waals surface area contributed by atoms with Gasteiger partial charge in [0, 0.05) is 24.3 Å². The van der Waals surface area contributed by atoms with E-state index in [1.807, 2.05) is 24.3 Å². The van der Waals surface area contributed by atoms with Crippen molar-refractivity contribution in [3.8, 4) is 22.6 Å². The minimum Gasteiger partial charge on any atom is -0.490 e. The fourth-order valence-electron chi connectivity index (χ4n) is 8.41. The summed E-state index contributed by atoms with van der Waals surface area (Å²) in [7, 11) is 0. The molecular formula is C50H61NO10. The van der Waals surface area contributed by atoms with Crippen molar-refractivity contribution in [2.75, 3.05) is 72.6 Å². The SMILES string of the molecule is CCCCNC(=O)OC(COCC1(CC)COC1)COc1ccc(C2(c3ccc(OCC(COCC4(CC)COC4)OC(C)=O)cc3)c3ccccc3-c3ccccc32)cc1. The zero-order valence-corrected chi connectivity index (χ0v) is 36.1. The van der Waals surface area contributed by atoms with Crippen LogP contribution < -0.4 is 14.8 Å². The first-order chi connectivity index (χ1) is 29.7. The average Bonchev–Trinajstić information content (AvgIpc) is 3.55. The lowest BCUT2D eigenvalue weighted by molar-refractivity contribution is -0.166. The van der Waals surface area contributed by atoms with E-state index in [0.717, 1.165) is 36.8 Å². The quantitative estimate of drug-likeness (QED) is 0.0507. The third kappa shape index (κ3) is 10.1. The van der Waals surface area contributed by atoms with Gasteiger partial charge in [0.25, 0.3) is 0 Å². The highest BCUT2D eigenvalue weighted by atomic mass is 16.6. The summed E-state index contributed by atoms with van der Waals surface area (Å²) in [6, 6.07) is 33.5. The minimum absolute atomic E-state index is 0.0126. The van der Waals surface area contributed by atoms with E-state index in [2.05, 4.69) is 98.9 Å². The molecule has 4 aromatic carbocycles. The highest BCUT2D eigenvalue weighted by Gasteiger charge is 2.46. The number of carbonyl (C=O) groups excluding carboxylic acids is 2. The van der Waals surface area contributed by atoms with Crippen LogP contribution in [0.25, 0.3) is 11.1 Å². The van der Waals surface area contributed by atoms with Crippen LogP contribution in [-0.4, -0.2) is 96.9 Å². The fraction of sp³-hybridized carbons (Fsp3) is 0.480. The van der Waals surface area contributed by atoms with E-state index < -0.39 is 23.7 Å². The van der Waals surface area contributed by atoms with Gasteiger partial charge >= 0.3 is 12.1 Å². The molecule has 2 unspecified atom stereocenters. The van der Waals surface area contributed by atoms with Crippen molar-refractivity contribution in [3.63, 3.8) is 0 Å². The Morgan fingerprint density at radius 1 is 0.623 bits per heavy atom. The Morgan fingerprint density at radius 3 is 1.49 bits per heavy atom. The molecule has 0 spiro atoms. The molecular weight excluding hydrogens is 775 g/mol. The number of hydrogen-bond acceptors (Lipinski definition) is 10. The van der Waals surface area contributed by atoms with Crippen LogP contribution in [0.3, 0.4) is 0 Å². The van der Waals surface area contributed by atoms with Crippen LogP contribution in [-0.2, 0) is 38.6 Å². The number of unbranched alkanes of at least 4 members (excludes halogenated alkanes) is 1. The maximum atomic E-state index is 12.7. The summed E-state index contributed by atoms with van der Waals surface area (Å²) in [5.74, 6) is 0.924. The first-order valence-electron chi connectivity index (χ1n) is 21.8. The molecule has 3 aliphatic rings. The number of carbonyl (C=O) groups is 2. The maximum absolute atomic E-state index is 12.7. The molecule has 4 aromatic rings. The molecule has 1 amide bonds. The van der Waals surface area contributed by atoms with Gasteiger partial charge in [-0.2, -0.15) is 0 Å². The summed E-state index contributed by atoms with van der Waals surface area (Å²) in [4.78, 5) is 24.7. The van der Waals surface area contributed by atoms with Crippen molar-refractivity contribution >= 4 is 12.1 Å². The number of benzene rings is 4. The molecule has 11 heteroatoms. The van der Waals surface area contributed by atoms with Gasteiger partial charge in [0.15, 0.2) is 12.2 Å². The monoisotopic (exact) mass is 835 g/mol. The predicted octanol–water partition coefficient (Wildman–Crippen LogP) is 8.52. The van der Waals surface area contributed by atoms with Crippen molar-refractivity contribution in [1.29, 1.82) is 0 Å². The van der Waals surface area contributed by atoms with Crippen molar-refractivity contribution in [1.82, 2.24) is 5.32 Å². The number of hydrogen-bond donors (Lipinski definition) is 1. The number of rotatable bonds is 23. The van der Waals surface area contributed by atoms with Gasteiger partial charge in [-0.3, -0.25) is 4.79 Å². The molecule has 1 N–H and O–H groups in total. The number of fused-ring (bicyclic) bond motifs is 3. The van der Waals surface area contributed by atoms with Crippen molar-refractivity contribution in [3.05, 3.63) is 119 Å². The molecule has 0 radical (unpaired) electrons. The van der Waals surface area contributed by atoms with Gasteiger partial charge in [0.05, 0.1) is 58.3 Å². The summed E-state index contributed by atoms with van der Waals surface area (Å²) < 4.78 is 46.9. The van der Waals surface area contributed by atoms with Gasteiger partial charge in [-0.1, -0.05) is 100.0 Å². The molecule has 7 rings (SSSR count). The predicted molar refractivity (Wildman–Crippen MR) is 232 cm³/mol. The van der Waals surface area contributed by atoms with E-state index in [-0.39, 0.29) is 43.2 Å². The van der Waals surface area contributed by atoms with Crippen LogP contribution in [0, 0.1) is 10.8 Å². The zero-order chi connectivity index (χ0) is 42.7. The lowest BCUT2D eigenvalue weighted by Gasteiger charge is -2.40. The second-order valence-corrected chi connectivity index (χ2v) is 16.8. The molecule has 61 heavy (non-hydrogen) atoms. The van der Waals surface area contributed by atoms with Gasteiger partial charge in [-0.05, 0) is 76.9 Å². The van der Waals surface area contributed by atoms with E-state index in [1.165, 1.54) is 29.2 Å². The molecule has 0 saturated carbocycles. The third-order valence-corrected chi connectivity index (χ3v) is 12.4. The standard InChI is InChI=1S/C50H61NO10/c1-5-8-25-51-47(53)61-42(27-55-31-49(7-3)34-57-35-49)29-59-40-23-19-38(20-24-40)50(45-15-11-9-13-43(45)44-14-10-12-16-46(44)50)37-17-21-39(22-18-37)58-28-41(60-36(4)52)26-54-30-48(6-2)32-56-33-48/h9-24,41-42H,5-8,25-35H2,1-4H3,(H,51,53). The van der Waals surface area contributed by atoms with E-state index in [1.54, 1.807) is 0 Å². The fourth-order valence-corrected chi connectivity index (χ4v) is 8.41. The smallest absolute Gasteiger partial charge is 0.407 e. The van der Waals surface area contributed by atoms with Crippen LogP contribution in [0.4, 0.5) is 4.79 Å². The summed E-state index contributed by atoms with van der Waals surface area (Å²) >= 11 is 0. The molecule has 2 atom stereocenters. The van der Waals surface area contributed by atoms with Crippen LogP contribution in [0.2, 0.25) is 0 Å². The van der Waals surface area contributed by atoms with E-state index in [4.69, 9.17) is 37.9 Å². The highest BCUT2D eigenvalue weighted by Crippen LogP contribution is 2.56. The average molecular weight is 836 g/mol. The zero-order valence-electron chi connectivity index (χ0n) is 36.1. The summed E-state index contributed by atoms with van der Waals surface area (Å²) in [6.45, 7) is 12.8. The van der Waals surface area contributed by atoms with Crippen LogP contribution in [0.15, 0.2) is 97.1 Å². The Labute approximate surface area is 360 Å². The number of nitrogens with one attached hydrogen (secondary N) is 1. The number of ether oxygens (including phenoxy) is 8. The van der Waals surface area contributed by atoms with Crippen molar-refractivity contribution in [2.45, 2.75) is 71.0 Å². The maximum Gasteiger partial charge on any atom is 0.407 e. The molecule has 0 bridgehead atoms. The molecule has 2 saturated heterocycles. The summed E-state index contributed by atoms with van der Waals surface area (Å²) in [5, 5.41) is 2.84. The minimum atomic E-state index is -0.643. The van der Waals surface area contributed by atoms with Crippen LogP contribution in [0.5, 0.6) is 11.5 Å². The Morgan fingerprint density at radius 2 is 1.08 bits per heavy atom. The van der Waals surface area contributed by atoms with Crippen LogP contribution >= 0.6 is 0 Å². The molecule has 1 aliphatic carbocycles. The van der Waals surface area contributed by atoms with Gasteiger partial charge < -0.3 is 43.2 Å². The second kappa shape index (κ2) is 20.3. The third-order valence-electron chi connectivity index (χ3n) is 12.4. The lowest BCUT2D eigenvalue weighted by Crippen LogP contribution is -2.46. The number of amides is 1. The molecule has 0 aromatic heterocycles. The molecule has 326 valence electrons. The number of esters is 1. The number of alkyl carbamates (subject to hydrolysis) is 1. The Kier molecular flexibility index (Phi) is 14.7. The van der Waals surface area contributed by atoms with Gasteiger partial charge in [0.2, 0.25) is 0 Å². The van der Waals surface area contributed by atoms with Crippen molar-refractivity contribution in [2.24, 2.45) is 10.8 Å². The van der Waals surface area contributed by atoms with Gasteiger partial charge in [0.1, 0.15) is 24.7 Å². The first kappa shape index (κ1) is 44.1. The largest absolute Gasteiger partial charge is 0.490 e. The molecule has 2 fully saturated rings. The van der Waals surface area contributed by atoms with E-state index in [0.29, 0.717) is 57.7 Å². The normalized spacial score (nSPS) is 17.4. The topological polar surface area (TPSA) is 120 Å². The summed E-state index contributed by atoms with van der Waals surface area (Å²) in [6.07, 6.45) is 2.12. The lowest BCUT2D eigenvalue weighted by atomic mass is 9.68. The van der Waals surface area contributed by atoms with Crippen molar-refractivity contribution < 1.29 is 47.5 Å². The molecule has 11 nitrogen and oxygen atoms in total. The van der Waals surface area contributed by atoms with E-state index >= 15 is 0 Å². The molecule has 2 aliphatic heterocycles. The second-order valence-electron chi connectivity index (χ2n) is 16.8. The van der Waals surface area contributed by atoms with Gasteiger partial charge in [-0.15, -0.1) is 0 Å². The first-order valence-corrected chi connectivity index (χ1v) is 21.8. The Bertz CT molecular complexity index is 1990. The molecule has 2 heterocycles. The Balaban J connectivity index is 1.09. The van der Waals surface area contributed by atoms with Crippen LogP contribution in [0.1, 0.15) is 75.6 Å². The Hall–Kier alpha value is -4.94. The van der Waals surface area contributed by atoms with Gasteiger partial charge in [-0.25, -0.2) is 4.79 Å². The van der Waals surface area contributed by atoms with E-state index in [9.17, 15) is 9.59 Å².